The van der Waals surface area contributed by atoms with E-state index in [2.05, 4.69) is 20.5 Å². The summed E-state index contributed by atoms with van der Waals surface area (Å²) in [6, 6.07) is 10.4. The molecule has 1 aliphatic heterocycles. The molecule has 1 fully saturated rings. The van der Waals surface area contributed by atoms with Crippen molar-refractivity contribution < 1.29 is 0 Å². The summed E-state index contributed by atoms with van der Waals surface area (Å²) in [6.07, 6.45) is 3.67. The lowest BCUT2D eigenvalue weighted by Gasteiger charge is -2.20. The first-order valence-corrected chi connectivity index (χ1v) is 6.14. The van der Waals surface area contributed by atoms with Crippen molar-refractivity contribution >= 4 is 0 Å². The molecule has 2 heterocycles. The van der Waals surface area contributed by atoms with Crippen LogP contribution in [0.25, 0.3) is 11.4 Å². The summed E-state index contributed by atoms with van der Waals surface area (Å²) in [7, 11) is 0. The number of rotatable bonds is 2. The highest BCUT2D eigenvalue weighted by Gasteiger charge is 2.18. The molecule has 1 saturated heterocycles. The van der Waals surface area contributed by atoms with Crippen LogP contribution in [0.2, 0.25) is 0 Å². The van der Waals surface area contributed by atoms with Gasteiger partial charge in [0.2, 0.25) is 0 Å². The van der Waals surface area contributed by atoms with Crippen LogP contribution in [0.4, 0.5) is 0 Å². The van der Waals surface area contributed by atoms with Crippen molar-refractivity contribution in [3.63, 3.8) is 0 Å². The second-order valence-electron chi connectivity index (χ2n) is 4.41. The smallest absolute Gasteiger partial charge is 0.181 e. The molecule has 2 N–H and O–H groups in total. The van der Waals surface area contributed by atoms with Crippen LogP contribution in [0.5, 0.6) is 0 Å². The van der Waals surface area contributed by atoms with Crippen LogP contribution >= 0.6 is 0 Å². The van der Waals surface area contributed by atoms with Gasteiger partial charge in [-0.25, -0.2) is 4.98 Å². The van der Waals surface area contributed by atoms with E-state index < -0.39 is 0 Å². The Bertz CT molecular complexity index is 471. The molecule has 1 aromatic carbocycles. The van der Waals surface area contributed by atoms with Crippen LogP contribution in [0.3, 0.4) is 0 Å². The van der Waals surface area contributed by atoms with Gasteiger partial charge in [-0.05, 0) is 19.4 Å². The number of benzene rings is 1. The van der Waals surface area contributed by atoms with E-state index in [9.17, 15) is 0 Å². The molecule has 4 nitrogen and oxygen atoms in total. The number of nitrogens with zero attached hydrogens (tertiary/aromatic N) is 2. The minimum absolute atomic E-state index is 0.341. The van der Waals surface area contributed by atoms with E-state index in [1.807, 2.05) is 30.3 Å². The first-order chi connectivity index (χ1) is 8.43. The van der Waals surface area contributed by atoms with Crippen molar-refractivity contribution in [3.8, 4) is 11.4 Å². The summed E-state index contributed by atoms with van der Waals surface area (Å²) in [5, 5.41) is 10.8. The van der Waals surface area contributed by atoms with E-state index in [4.69, 9.17) is 0 Å². The Morgan fingerprint density at radius 2 is 2.00 bits per heavy atom. The van der Waals surface area contributed by atoms with Crippen molar-refractivity contribution in [2.45, 2.75) is 25.3 Å². The summed E-state index contributed by atoms with van der Waals surface area (Å²) in [4.78, 5) is 4.58. The quantitative estimate of drug-likeness (QED) is 0.829. The van der Waals surface area contributed by atoms with Crippen molar-refractivity contribution in [1.29, 1.82) is 0 Å². The van der Waals surface area contributed by atoms with Crippen molar-refractivity contribution in [1.82, 2.24) is 20.5 Å². The Labute approximate surface area is 100 Å². The Balaban J connectivity index is 1.83. The fourth-order valence-electron chi connectivity index (χ4n) is 2.23. The lowest BCUT2D eigenvalue weighted by molar-refractivity contribution is 0.398. The van der Waals surface area contributed by atoms with Gasteiger partial charge in [-0.1, -0.05) is 36.8 Å². The van der Waals surface area contributed by atoms with E-state index in [-0.39, 0.29) is 0 Å². The molecule has 0 amide bonds. The van der Waals surface area contributed by atoms with Gasteiger partial charge in [0.15, 0.2) is 5.82 Å². The lowest BCUT2D eigenvalue weighted by Crippen LogP contribution is -2.27. The van der Waals surface area contributed by atoms with Crippen LogP contribution in [0, 0.1) is 0 Å². The largest absolute Gasteiger partial charge is 0.307 e. The van der Waals surface area contributed by atoms with E-state index in [1.54, 1.807) is 0 Å². The Hall–Kier alpha value is -1.68. The highest BCUT2D eigenvalue weighted by atomic mass is 15.2. The fourth-order valence-corrected chi connectivity index (χ4v) is 2.23. The summed E-state index contributed by atoms with van der Waals surface area (Å²) in [5.74, 6) is 1.75. The minimum atomic E-state index is 0.341. The molecule has 0 unspecified atom stereocenters. The second-order valence-corrected chi connectivity index (χ2v) is 4.41. The molecule has 88 valence electrons. The predicted molar refractivity (Wildman–Crippen MR) is 66.4 cm³/mol. The van der Waals surface area contributed by atoms with Gasteiger partial charge >= 0.3 is 0 Å². The maximum absolute atomic E-state index is 4.58. The summed E-state index contributed by atoms with van der Waals surface area (Å²) < 4.78 is 0. The van der Waals surface area contributed by atoms with Crippen LogP contribution in [-0.4, -0.2) is 21.7 Å². The van der Waals surface area contributed by atoms with Crippen LogP contribution < -0.4 is 5.32 Å². The van der Waals surface area contributed by atoms with Gasteiger partial charge < -0.3 is 5.32 Å². The van der Waals surface area contributed by atoms with E-state index >= 15 is 0 Å². The van der Waals surface area contributed by atoms with Gasteiger partial charge in [0.25, 0.3) is 0 Å². The highest BCUT2D eigenvalue weighted by Crippen LogP contribution is 2.22. The van der Waals surface area contributed by atoms with Gasteiger partial charge in [-0.15, -0.1) is 0 Å². The van der Waals surface area contributed by atoms with Crippen LogP contribution in [0.1, 0.15) is 31.1 Å². The molecule has 0 radical (unpaired) electrons. The number of aromatic nitrogens is 3. The number of aromatic amines is 1. The molecule has 0 spiro atoms. The standard InChI is InChI=1S/C13H16N4/c1-2-6-10(7-3-1)12-15-13(17-16-12)11-8-4-5-9-14-11/h1-3,6-7,11,14H,4-5,8-9H2,(H,15,16,17)/t11-/m1/s1. The van der Waals surface area contributed by atoms with Gasteiger partial charge in [0.05, 0.1) is 6.04 Å². The Morgan fingerprint density at radius 1 is 1.12 bits per heavy atom. The lowest BCUT2D eigenvalue weighted by atomic mass is 10.0. The molecule has 0 aliphatic carbocycles. The molecule has 0 bridgehead atoms. The maximum atomic E-state index is 4.58. The Kier molecular flexibility index (Phi) is 2.88. The normalized spacial score (nSPS) is 20.4. The van der Waals surface area contributed by atoms with E-state index in [0.29, 0.717) is 6.04 Å². The Morgan fingerprint density at radius 3 is 2.76 bits per heavy atom. The fraction of sp³-hybridized carbons (Fsp3) is 0.385. The molecule has 2 aromatic rings. The second kappa shape index (κ2) is 4.67. The van der Waals surface area contributed by atoms with Crippen molar-refractivity contribution in [2.75, 3.05) is 6.54 Å². The molecule has 1 aromatic heterocycles. The molecule has 3 rings (SSSR count). The number of H-pyrrole nitrogens is 1. The third kappa shape index (κ3) is 2.22. The van der Waals surface area contributed by atoms with Crippen molar-refractivity contribution in [3.05, 3.63) is 36.2 Å². The third-order valence-corrected chi connectivity index (χ3v) is 3.18. The topological polar surface area (TPSA) is 53.6 Å². The summed E-state index contributed by atoms with van der Waals surface area (Å²) >= 11 is 0. The van der Waals surface area contributed by atoms with Gasteiger partial charge in [-0.2, -0.15) is 5.10 Å². The zero-order chi connectivity index (χ0) is 11.5. The summed E-state index contributed by atoms with van der Waals surface area (Å²) in [6.45, 7) is 1.08. The van der Waals surface area contributed by atoms with E-state index in [1.165, 1.54) is 12.8 Å². The number of hydrogen-bond acceptors (Lipinski definition) is 3. The monoisotopic (exact) mass is 228 g/mol. The molecular formula is C13H16N4. The first-order valence-electron chi connectivity index (χ1n) is 6.14. The zero-order valence-electron chi connectivity index (χ0n) is 9.69. The molecule has 4 heteroatoms. The maximum Gasteiger partial charge on any atom is 0.181 e. The van der Waals surface area contributed by atoms with Crippen LogP contribution in [0.15, 0.2) is 30.3 Å². The number of piperidine rings is 1. The average molecular weight is 228 g/mol. The number of hydrogen-bond donors (Lipinski definition) is 2. The first kappa shape index (κ1) is 10.5. The SMILES string of the molecule is c1ccc(-c2n[nH]c([C@H]3CCCCN3)n2)cc1. The molecule has 1 aliphatic rings. The average Bonchev–Trinajstić information content (AvgIpc) is 2.90. The zero-order valence-corrected chi connectivity index (χ0v) is 9.69. The van der Waals surface area contributed by atoms with Gasteiger partial charge in [0.1, 0.15) is 5.82 Å². The van der Waals surface area contributed by atoms with Crippen molar-refractivity contribution in [2.24, 2.45) is 0 Å². The summed E-state index contributed by atoms with van der Waals surface area (Å²) in [5.41, 5.74) is 1.06. The molecule has 1 atom stereocenters. The van der Waals surface area contributed by atoms with Gasteiger partial charge in [0, 0.05) is 5.56 Å². The third-order valence-electron chi connectivity index (χ3n) is 3.18. The number of nitrogens with one attached hydrogen (secondary N) is 2. The highest BCUT2D eigenvalue weighted by molar-refractivity contribution is 5.53. The predicted octanol–water partition coefficient (Wildman–Crippen LogP) is 2.29. The van der Waals surface area contributed by atoms with Crippen LogP contribution in [-0.2, 0) is 0 Å². The minimum Gasteiger partial charge on any atom is -0.307 e. The van der Waals surface area contributed by atoms with Gasteiger partial charge in [-0.3, -0.25) is 5.10 Å². The molecular weight excluding hydrogens is 212 g/mol. The molecule has 17 heavy (non-hydrogen) atoms. The molecule has 0 saturated carbocycles. The van der Waals surface area contributed by atoms with E-state index in [0.717, 1.165) is 30.2 Å².